The predicted octanol–water partition coefficient (Wildman–Crippen LogP) is 2.28. The highest BCUT2D eigenvalue weighted by molar-refractivity contribution is 5.94. The van der Waals surface area contributed by atoms with E-state index in [0.29, 0.717) is 0 Å². The minimum Gasteiger partial charge on any atom is -0.336 e. The number of nitrogens with one attached hydrogen (secondary N) is 2. The van der Waals surface area contributed by atoms with Crippen molar-refractivity contribution in [1.29, 1.82) is 0 Å². The van der Waals surface area contributed by atoms with Crippen LogP contribution in [0.1, 0.15) is 43.5 Å². The summed E-state index contributed by atoms with van der Waals surface area (Å²) >= 11 is 0. The molecule has 0 heterocycles. The summed E-state index contributed by atoms with van der Waals surface area (Å²) in [5.41, 5.74) is 2.94. The van der Waals surface area contributed by atoms with Crippen LogP contribution in [0.2, 0.25) is 0 Å². The summed E-state index contributed by atoms with van der Waals surface area (Å²) in [6.45, 7) is 5.76. The van der Waals surface area contributed by atoms with Crippen LogP contribution in [0.15, 0.2) is 48.5 Å². The average Bonchev–Trinajstić information content (AvgIpc) is 2.61. The van der Waals surface area contributed by atoms with Crippen molar-refractivity contribution in [3.8, 4) is 0 Å². The van der Waals surface area contributed by atoms with Crippen molar-refractivity contribution < 1.29 is 19.3 Å². The Labute approximate surface area is 159 Å². The van der Waals surface area contributed by atoms with Gasteiger partial charge in [0.25, 0.3) is 5.91 Å². The molecule has 0 aliphatic heterocycles. The zero-order valence-corrected chi connectivity index (χ0v) is 16.0. The van der Waals surface area contributed by atoms with Gasteiger partial charge in [-0.15, -0.1) is 0 Å². The van der Waals surface area contributed by atoms with Crippen LogP contribution < -0.4 is 16.0 Å². The quantitative estimate of drug-likeness (QED) is 0.697. The molecule has 0 bridgehead atoms. The minimum atomic E-state index is -0.516. The van der Waals surface area contributed by atoms with Gasteiger partial charge in [-0.1, -0.05) is 43.3 Å². The van der Waals surface area contributed by atoms with E-state index in [-0.39, 0.29) is 24.4 Å². The zero-order chi connectivity index (χ0) is 19.8. The van der Waals surface area contributed by atoms with Crippen molar-refractivity contribution in [2.45, 2.75) is 39.3 Å². The lowest BCUT2D eigenvalue weighted by Crippen LogP contribution is -2.88. The Balaban J connectivity index is 2.13. The summed E-state index contributed by atoms with van der Waals surface area (Å²) in [5, 5.41) is 6.71. The summed E-state index contributed by atoms with van der Waals surface area (Å²) in [7, 11) is 0. The molecule has 1 atom stereocenters. The average molecular weight is 372 g/mol. The van der Waals surface area contributed by atoms with Gasteiger partial charge in [0.05, 0.1) is 0 Å². The van der Waals surface area contributed by atoms with E-state index in [9.17, 15) is 14.0 Å². The van der Waals surface area contributed by atoms with Gasteiger partial charge in [0.2, 0.25) is 0 Å². The van der Waals surface area contributed by atoms with Crippen molar-refractivity contribution in [3.05, 3.63) is 71.0 Å². The SMILES string of the molecule is CCc1ccc([C@@H]([NH2+]CC(=O)NC(=O)NC(C)C)c2cccc(F)c2)cc1. The van der Waals surface area contributed by atoms with Gasteiger partial charge in [-0.3, -0.25) is 10.1 Å². The molecule has 0 aromatic heterocycles. The number of benzene rings is 2. The summed E-state index contributed by atoms with van der Waals surface area (Å²) in [4.78, 5) is 23.7. The Morgan fingerprint density at radius 2 is 1.78 bits per heavy atom. The van der Waals surface area contributed by atoms with Crippen LogP contribution in [0, 0.1) is 5.82 Å². The van der Waals surface area contributed by atoms with E-state index in [1.807, 2.05) is 44.2 Å². The van der Waals surface area contributed by atoms with Crippen molar-refractivity contribution in [2.75, 3.05) is 6.54 Å². The maximum Gasteiger partial charge on any atom is 0.321 e. The van der Waals surface area contributed by atoms with Gasteiger partial charge in [0, 0.05) is 17.2 Å². The highest BCUT2D eigenvalue weighted by Crippen LogP contribution is 2.20. The van der Waals surface area contributed by atoms with Crippen molar-refractivity contribution in [3.63, 3.8) is 0 Å². The van der Waals surface area contributed by atoms with Crippen LogP contribution in [0.4, 0.5) is 9.18 Å². The van der Waals surface area contributed by atoms with Crippen LogP contribution >= 0.6 is 0 Å². The second-order valence-electron chi connectivity index (χ2n) is 6.74. The molecule has 0 spiro atoms. The number of hydrogen-bond donors (Lipinski definition) is 3. The van der Waals surface area contributed by atoms with Gasteiger partial charge >= 0.3 is 6.03 Å². The first-order valence-electron chi connectivity index (χ1n) is 9.17. The highest BCUT2D eigenvalue weighted by atomic mass is 19.1. The van der Waals surface area contributed by atoms with Gasteiger partial charge in [0.15, 0.2) is 6.54 Å². The lowest BCUT2D eigenvalue weighted by Gasteiger charge is -2.17. The minimum absolute atomic E-state index is 0.0439. The number of aryl methyl sites for hydroxylation is 1. The third-order valence-electron chi connectivity index (χ3n) is 4.17. The molecular weight excluding hydrogens is 345 g/mol. The number of nitrogens with two attached hydrogens (primary N) is 1. The lowest BCUT2D eigenvalue weighted by atomic mass is 9.97. The zero-order valence-electron chi connectivity index (χ0n) is 16.0. The number of imide groups is 1. The molecule has 3 amide bonds. The van der Waals surface area contributed by atoms with E-state index in [4.69, 9.17) is 0 Å². The lowest BCUT2D eigenvalue weighted by molar-refractivity contribution is -0.676. The Hall–Kier alpha value is -2.73. The molecule has 2 aromatic rings. The molecule has 6 heteroatoms. The molecule has 0 saturated carbocycles. The summed E-state index contributed by atoms with van der Waals surface area (Å²) in [6.07, 6.45) is 0.933. The number of amides is 3. The van der Waals surface area contributed by atoms with Crippen LogP contribution in [0.25, 0.3) is 0 Å². The standard InChI is InChI=1S/C21H26FN3O2/c1-4-15-8-10-16(11-9-15)20(17-6-5-7-18(22)12-17)23-13-19(26)25-21(27)24-14(2)3/h5-12,14,20,23H,4,13H2,1-3H3,(H2,24,25,26,27)/p+1/t20-/m1/s1. The fraction of sp³-hybridized carbons (Fsp3) is 0.333. The third kappa shape index (κ3) is 6.49. The molecule has 0 radical (unpaired) electrons. The fourth-order valence-electron chi connectivity index (χ4n) is 2.83. The molecule has 2 aromatic carbocycles. The molecule has 5 nitrogen and oxygen atoms in total. The third-order valence-corrected chi connectivity index (χ3v) is 4.17. The molecule has 0 aliphatic rings. The summed E-state index contributed by atoms with van der Waals surface area (Å²) < 4.78 is 13.7. The second-order valence-corrected chi connectivity index (χ2v) is 6.74. The first kappa shape index (κ1) is 20.6. The van der Waals surface area contributed by atoms with Gasteiger partial charge in [0.1, 0.15) is 11.9 Å². The van der Waals surface area contributed by atoms with Gasteiger partial charge in [-0.25, -0.2) is 9.18 Å². The van der Waals surface area contributed by atoms with Crippen LogP contribution in [-0.4, -0.2) is 24.5 Å². The maximum atomic E-state index is 13.7. The Kier molecular flexibility index (Phi) is 7.49. The van der Waals surface area contributed by atoms with E-state index in [1.54, 1.807) is 11.4 Å². The Morgan fingerprint density at radius 3 is 2.37 bits per heavy atom. The van der Waals surface area contributed by atoms with Crippen molar-refractivity contribution in [2.24, 2.45) is 0 Å². The molecule has 0 aliphatic carbocycles. The molecule has 144 valence electrons. The smallest absolute Gasteiger partial charge is 0.321 e. The van der Waals surface area contributed by atoms with Crippen molar-refractivity contribution in [1.82, 2.24) is 10.6 Å². The molecule has 2 rings (SSSR count). The fourth-order valence-corrected chi connectivity index (χ4v) is 2.83. The van der Waals surface area contributed by atoms with Gasteiger partial charge in [-0.2, -0.15) is 0 Å². The summed E-state index contributed by atoms with van der Waals surface area (Å²) in [6, 6.07) is 13.6. The number of carbonyl (C=O) groups is 2. The predicted molar refractivity (Wildman–Crippen MR) is 103 cm³/mol. The molecule has 4 N–H and O–H groups in total. The first-order chi connectivity index (χ1) is 12.9. The normalized spacial score (nSPS) is 11.9. The maximum absolute atomic E-state index is 13.7. The molecule has 0 unspecified atom stereocenters. The number of urea groups is 1. The molecule has 0 saturated heterocycles. The largest absolute Gasteiger partial charge is 0.336 e. The number of carbonyl (C=O) groups excluding carboxylic acids is 2. The number of halogens is 1. The Morgan fingerprint density at radius 1 is 1.07 bits per heavy atom. The summed E-state index contributed by atoms with van der Waals surface area (Å²) in [5.74, 6) is -0.725. The molecular formula is C21H27FN3O2+. The Bertz CT molecular complexity index is 775. The first-order valence-corrected chi connectivity index (χ1v) is 9.17. The van der Waals surface area contributed by atoms with E-state index in [1.165, 1.54) is 17.7 Å². The van der Waals surface area contributed by atoms with E-state index in [0.717, 1.165) is 17.5 Å². The second kappa shape index (κ2) is 9.83. The number of quaternary nitrogens is 1. The van der Waals surface area contributed by atoms with Crippen LogP contribution in [-0.2, 0) is 11.2 Å². The highest BCUT2D eigenvalue weighted by Gasteiger charge is 2.20. The van der Waals surface area contributed by atoms with E-state index >= 15 is 0 Å². The number of rotatable bonds is 7. The van der Waals surface area contributed by atoms with E-state index in [2.05, 4.69) is 17.6 Å². The van der Waals surface area contributed by atoms with Crippen LogP contribution in [0.5, 0.6) is 0 Å². The molecule has 27 heavy (non-hydrogen) atoms. The van der Waals surface area contributed by atoms with Crippen LogP contribution in [0.3, 0.4) is 0 Å². The van der Waals surface area contributed by atoms with Crippen molar-refractivity contribution >= 4 is 11.9 Å². The number of hydrogen-bond acceptors (Lipinski definition) is 2. The van der Waals surface area contributed by atoms with Gasteiger partial charge in [-0.05, 0) is 38.0 Å². The van der Waals surface area contributed by atoms with E-state index < -0.39 is 11.9 Å². The van der Waals surface area contributed by atoms with Gasteiger partial charge < -0.3 is 10.6 Å². The molecule has 0 fully saturated rings. The monoisotopic (exact) mass is 372 g/mol. The topological polar surface area (TPSA) is 74.8 Å².